The van der Waals surface area contributed by atoms with E-state index in [1.807, 2.05) is 37.3 Å². The van der Waals surface area contributed by atoms with Crippen LogP contribution in [0.5, 0.6) is 0 Å². The summed E-state index contributed by atoms with van der Waals surface area (Å²) in [6.45, 7) is 1.96. The Morgan fingerprint density at radius 2 is 1.67 bits per heavy atom. The molecule has 0 radical (unpaired) electrons. The monoisotopic (exact) mass is 283 g/mol. The summed E-state index contributed by atoms with van der Waals surface area (Å²) < 4.78 is 0. The molecule has 0 aliphatic rings. The lowest BCUT2D eigenvalue weighted by Crippen LogP contribution is -2.30. The fourth-order valence-electron chi connectivity index (χ4n) is 2.06. The zero-order chi connectivity index (χ0) is 15.2. The lowest BCUT2D eigenvalue weighted by atomic mass is 10.0. The van der Waals surface area contributed by atoms with E-state index in [0.29, 0.717) is 5.56 Å². The van der Waals surface area contributed by atoms with E-state index in [9.17, 15) is 9.59 Å². The third-order valence-corrected chi connectivity index (χ3v) is 3.20. The van der Waals surface area contributed by atoms with Gasteiger partial charge in [0.05, 0.1) is 12.5 Å². The van der Waals surface area contributed by atoms with Gasteiger partial charge in [0, 0.05) is 5.56 Å². The number of nitrogens with one attached hydrogen (secondary N) is 1. The first kappa shape index (κ1) is 14.8. The Morgan fingerprint density at radius 3 is 2.24 bits per heavy atom. The first-order valence-electron chi connectivity index (χ1n) is 6.70. The summed E-state index contributed by atoms with van der Waals surface area (Å²) in [5, 5.41) is 11.8. The third-order valence-electron chi connectivity index (χ3n) is 3.20. The van der Waals surface area contributed by atoms with Crippen molar-refractivity contribution in [3.05, 3.63) is 71.3 Å². The van der Waals surface area contributed by atoms with Crippen molar-refractivity contribution in [2.45, 2.75) is 19.4 Å². The van der Waals surface area contributed by atoms with Crippen LogP contribution in [0.4, 0.5) is 0 Å². The minimum absolute atomic E-state index is 0.151. The summed E-state index contributed by atoms with van der Waals surface area (Å²) in [4.78, 5) is 23.2. The van der Waals surface area contributed by atoms with Crippen molar-refractivity contribution in [1.82, 2.24) is 5.32 Å². The molecule has 0 saturated heterocycles. The van der Waals surface area contributed by atoms with Crippen molar-refractivity contribution in [3.63, 3.8) is 0 Å². The van der Waals surface area contributed by atoms with Gasteiger partial charge in [0.1, 0.15) is 0 Å². The minimum Gasteiger partial charge on any atom is -0.481 e. The Kier molecular flexibility index (Phi) is 4.72. The van der Waals surface area contributed by atoms with Gasteiger partial charge in [0.25, 0.3) is 5.91 Å². The molecule has 0 spiro atoms. The van der Waals surface area contributed by atoms with Crippen LogP contribution in [-0.2, 0) is 4.79 Å². The number of aliphatic carboxylic acids is 1. The van der Waals surface area contributed by atoms with Crippen LogP contribution < -0.4 is 5.32 Å². The Balaban J connectivity index is 2.18. The minimum atomic E-state index is -0.950. The summed E-state index contributed by atoms with van der Waals surface area (Å²) in [6, 6.07) is 15.7. The Labute approximate surface area is 123 Å². The fourth-order valence-corrected chi connectivity index (χ4v) is 2.06. The van der Waals surface area contributed by atoms with Crippen molar-refractivity contribution in [2.24, 2.45) is 0 Å². The largest absolute Gasteiger partial charge is 0.481 e. The van der Waals surface area contributed by atoms with Gasteiger partial charge in [0.2, 0.25) is 0 Å². The number of carboxylic acid groups (broad SMARTS) is 1. The van der Waals surface area contributed by atoms with Crippen LogP contribution in [0.1, 0.15) is 33.9 Å². The van der Waals surface area contributed by atoms with Crippen LogP contribution in [0.2, 0.25) is 0 Å². The van der Waals surface area contributed by atoms with E-state index >= 15 is 0 Å². The summed E-state index contributed by atoms with van der Waals surface area (Å²) in [5.74, 6) is -1.23. The van der Waals surface area contributed by atoms with E-state index < -0.39 is 12.0 Å². The summed E-state index contributed by atoms with van der Waals surface area (Å²) in [7, 11) is 0. The standard InChI is InChI=1S/C17H17NO3/c1-12-7-9-13(10-8-12)15(11-16(19)20)18-17(21)14-5-3-2-4-6-14/h2-10,15H,11H2,1H3,(H,18,21)(H,19,20). The van der Waals surface area contributed by atoms with E-state index in [4.69, 9.17) is 5.11 Å². The number of aryl methyl sites for hydroxylation is 1. The molecular weight excluding hydrogens is 266 g/mol. The highest BCUT2D eigenvalue weighted by molar-refractivity contribution is 5.94. The van der Waals surface area contributed by atoms with E-state index in [-0.39, 0.29) is 12.3 Å². The highest BCUT2D eigenvalue weighted by atomic mass is 16.4. The highest BCUT2D eigenvalue weighted by Gasteiger charge is 2.18. The topological polar surface area (TPSA) is 66.4 Å². The van der Waals surface area contributed by atoms with Crippen LogP contribution in [0, 0.1) is 6.92 Å². The molecule has 0 aliphatic carbocycles. The number of carbonyl (C=O) groups excluding carboxylic acids is 1. The Bertz CT molecular complexity index is 620. The molecule has 2 aromatic carbocycles. The van der Waals surface area contributed by atoms with E-state index in [0.717, 1.165) is 11.1 Å². The summed E-state index contributed by atoms with van der Waals surface area (Å²) in [5.41, 5.74) is 2.38. The maximum absolute atomic E-state index is 12.2. The van der Waals surface area contributed by atoms with Crippen molar-refractivity contribution in [3.8, 4) is 0 Å². The molecule has 0 aromatic heterocycles. The molecule has 2 rings (SSSR count). The van der Waals surface area contributed by atoms with Gasteiger partial charge in [-0.25, -0.2) is 0 Å². The predicted octanol–water partition coefficient (Wildman–Crippen LogP) is 2.94. The molecule has 0 saturated carbocycles. The van der Waals surface area contributed by atoms with Crippen LogP contribution in [0.3, 0.4) is 0 Å². The van der Waals surface area contributed by atoms with Crippen molar-refractivity contribution in [1.29, 1.82) is 0 Å². The number of carboxylic acids is 1. The molecule has 1 unspecified atom stereocenters. The molecule has 0 heterocycles. The first-order chi connectivity index (χ1) is 10.1. The number of carbonyl (C=O) groups is 2. The number of hydrogen-bond acceptors (Lipinski definition) is 2. The molecule has 0 fully saturated rings. The van der Waals surface area contributed by atoms with Gasteiger partial charge in [-0.2, -0.15) is 0 Å². The van der Waals surface area contributed by atoms with Crippen LogP contribution >= 0.6 is 0 Å². The van der Waals surface area contributed by atoms with Gasteiger partial charge in [-0.05, 0) is 24.6 Å². The van der Waals surface area contributed by atoms with E-state index in [1.54, 1.807) is 24.3 Å². The van der Waals surface area contributed by atoms with Gasteiger partial charge in [-0.1, -0.05) is 48.0 Å². The van der Waals surface area contributed by atoms with Crippen molar-refractivity contribution < 1.29 is 14.7 Å². The average Bonchev–Trinajstić information content (AvgIpc) is 2.48. The quantitative estimate of drug-likeness (QED) is 0.886. The molecule has 4 nitrogen and oxygen atoms in total. The van der Waals surface area contributed by atoms with E-state index in [2.05, 4.69) is 5.32 Å². The highest BCUT2D eigenvalue weighted by Crippen LogP contribution is 2.18. The summed E-state index contributed by atoms with van der Waals surface area (Å²) >= 11 is 0. The third kappa shape index (κ3) is 4.18. The molecule has 2 aromatic rings. The predicted molar refractivity (Wildman–Crippen MR) is 80.1 cm³/mol. The number of rotatable bonds is 5. The molecule has 108 valence electrons. The molecule has 0 aliphatic heterocycles. The van der Waals surface area contributed by atoms with Gasteiger partial charge < -0.3 is 10.4 Å². The molecular formula is C17H17NO3. The molecule has 2 N–H and O–H groups in total. The zero-order valence-electron chi connectivity index (χ0n) is 11.7. The van der Waals surface area contributed by atoms with Gasteiger partial charge in [-0.3, -0.25) is 9.59 Å². The normalized spacial score (nSPS) is 11.7. The summed E-state index contributed by atoms with van der Waals surface area (Å²) in [6.07, 6.45) is -0.151. The lowest BCUT2D eigenvalue weighted by Gasteiger charge is -2.17. The van der Waals surface area contributed by atoms with Gasteiger partial charge in [-0.15, -0.1) is 0 Å². The molecule has 1 atom stereocenters. The lowest BCUT2D eigenvalue weighted by molar-refractivity contribution is -0.137. The Hall–Kier alpha value is -2.62. The molecule has 21 heavy (non-hydrogen) atoms. The Morgan fingerprint density at radius 1 is 1.05 bits per heavy atom. The van der Waals surface area contributed by atoms with Crippen LogP contribution in [-0.4, -0.2) is 17.0 Å². The fraction of sp³-hybridized carbons (Fsp3) is 0.176. The van der Waals surface area contributed by atoms with Crippen LogP contribution in [0.15, 0.2) is 54.6 Å². The molecule has 1 amide bonds. The first-order valence-corrected chi connectivity index (χ1v) is 6.70. The smallest absolute Gasteiger partial charge is 0.305 e. The second kappa shape index (κ2) is 6.70. The van der Waals surface area contributed by atoms with Crippen molar-refractivity contribution in [2.75, 3.05) is 0 Å². The number of hydrogen-bond donors (Lipinski definition) is 2. The second-order valence-electron chi connectivity index (χ2n) is 4.90. The number of amides is 1. The second-order valence-corrected chi connectivity index (χ2v) is 4.90. The van der Waals surface area contributed by atoms with Crippen molar-refractivity contribution >= 4 is 11.9 Å². The number of benzene rings is 2. The molecule has 4 heteroatoms. The van der Waals surface area contributed by atoms with Crippen LogP contribution in [0.25, 0.3) is 0 Å². The van der Waals surface area contributed by atoms with Gasteiger partial charge in [0.15, 0.2) is 0 Å². The maximum atomic E-state index is 12.2. The molecule has 0 bridgehead atoms. The van der Waals surface area contributed by atoms with Gasteiger partial charge >= 0.3 is 5.97 Å². The average molecular weight is 283 g/mol. The maximum Gasteiger partial charge on any atom is 0.305 e. The SMILES string of the molecule is Cc1ccc(C(CC(=O)O)NC(=O)c2ccccc2)cc1. The van der Waals surface area contributed by atoms with E-state index in [1.165, 1.54) is 0 Å². The zero-order valence-corrected chi connectivity index (χ0v) is 11.7.